The first-order valence-corrected chi connectivity index (χ1v) is 5.72. The van der Waals surface area contributed by atoms with Crippen molar-refractivity contribution in [1.29, 1.82) is 0 Å². The van der Waals surface area contributed by atoms with E-state index in [0.29, 0.717) is 12.2 Å². The first-order chi connectivity index (χ1) is 7.72. The molecule has 86 valence electrons. The lowest BCUT2D eigenvalue weighted by atomic mass is 10.3. The van der Waals surface area contributed by atoms with E-state index < -0.39 is 0 Å². The van der Waals surface area contributed by atoms with Crippen molar-refractivity contribution in [1.82, 2.24) is 0 Å². The lowest BCUT2D eigenvalue weighted by Crippen LogP contribution is -2.15. The van der Waals surface area contributed by atoms with Gasteiger partial charge in [0.1, 0.15) is 0 Å². The van der Waals surface area contributed by atoms with Gasteiger partial charge >= 0.3 is 0 Å². The van der Waals surface area contributed by atoms with E-state index >= 15 is 0 Å². The smallest absolute Gasteiger partial charge is 0.225 e. The molecule has 0 atom stereocenters. The Hall–Kier alpha value is -1.69. The van der Waals surface area contributed by atoms with Crippen LogP contribution >= 0.6 is 11.8 Å². The Morgan fingerprint density at radius 2 is 2.06 bits per heavy atom. The van der Waals surface area contributed by atoms with Crippen LogP contribution in [0.1, 0.15) is 6.42 Å². The number of carbonyl (C=O) groups is 1. The molecule has 0 spiro atoms. The maximum Gasteiger partial charge on any atom is 0.225 e. The van der Waals surface area contributed by atoms with E-state index in [1.54, 1.807) is 0 Å². The van der Waals surface area contributed by atoms with Gasteiger partial charge in [-0.05, 0) is 12.1 Å². The number of hydrazone groups is 1. The molecule has 0 heterocycles. The molecule has 0 aliphatic heterocycles. The van der Waals surface area contributed by atoms with Crippen LogP contribution < -0.4 is 16.9 Å². The molecule has 1 amide bonds. The Bertz CT molecular complexity index is 366. The maximum atomic E-state index is 11.4. The third-order valence-electron chi connectivity index (χ3n) is 1.76. The van der Waals surface area contributed by atoms with Gasteiger partial charge in [0.2, 0.25) is 5.91 Å². The molecule has 1 aromatic rings. The first-order valence-electron chi connectivity index (χ1n) is 4.73. The number of nitrogens with two attached hydrogens (primary N) is 2. The van der Waals surface area contributed by atoms with Gasteiger partial charge in [0.25, 0.3) is 0 Å². The molecule has 0 radical (unpaired) electrons. The predicted octanol–water partition coefficient (Wildman–Crippen LogP) is 0.937. The van der Waals surface area contributed by atoms with Crippen LogP contribution in [0, 0.1) is 0 Å². The van der Waals surface area contributed by atoms with E-state index in [9.17, 15) is 4.79 Å². The molecule has 6 heteroatoms. The Balaban J connectivity index is 2.27. The number of hydrogen-bond donors (Lipinski definition) is 3. The number of nitrogens with zero attached hydrogens (tertiary/aromatic N) is 1. The standard InChI is InChI=1S/C10H14N4OS/c11-10(14-12)16-7-6-9(15)13-8-4-2-1-3-5-8/h1-5H,6-7,12H2,(H2,11,14)(H,13,15). The minimum Gasteiger partial charge on any atom is -0.377 e. The predicted molar refractivity (Wildman–Crippen MR) is 68.0 cm³/mol. The molecule has 5 nitrogen and oxygen atoms in total. The Labute approximate surface area is 98.3 Å². The summed E-state index contributed by atoms with van der Waals surface area (Å²) in [5.41, 5.74) is 6.16. The summed E-state index contributed by atoms with van der Waals surface area (Å²) in [5.74, 6) is 5.46. The molecule has 0 fully saturated rings. The largest absolute Gasteiger partial charge is 0.377 e. The summed E-state index contributed by atoms with van der Waals surface area (Å²) in [6.45, 7) is 0. The number of benzene rings is 1. The minimum atomic E-state index is -0.0523. The van der Waals surface area contributed by atoms with E-state index in [1.165, 1.54) is 11.8 Å². The number of nitrogens with one attached hydrogen (secondary N) is 1. The fourth-order valence-electron chi connectivity index (χ4n) is 1.03. The number of thioether (sulfide) groups is 1. The van der Waals surface area contributed by atoms with Crippen LogP contribution in [-0.2, 0) is 4.79 Å². The molecule has 0 aliphatic rings. The molecular weight excluding hydrogens is 224 g/mol. The topological polar surface area (TPSA) is 93.5 Å². The molecule has 0 unspecified atom stereocenters. The van der Waals surface area contributed by atoms with Crippen molar-refractivity contribution in [3.05, 3.63) is 30.3 Å². The average molecular weight is 238 g/mol. The Morgan fingerprint density at radius 3 is 2.69 bits per heavy atom. The van der Waals surface area contributed by atoms with E-state index in [0.717, 1.165) is 5.69 Å². The van der Waals surface area contributed by atoms with Crippen molar-refractivity contribution in [2.45, 2.75) is 6.42 Å². The van der Waals surface area contributed by atoms with Gasteiger partial charge < -0.3 is 16.9 Å². The van der Waals surface area contributed by atoms with E-state index in [-0.39, 0.29) is 11.1 Å². The van der Waals surface area contributed by atoms with Crippen LogP contribution in [0.5, 0.6) is 0 Å². The Morgan fingerprint density at radius 1 is 1.38 bits per heavy atom. The fraction of sp³-hybridized carbons (Fsp3) is 0.200. The lowest BCUT2D eigenvalue weighted by molar-refractivity contribution is -0.115. The van der Waals surface area contributed by atoms with Gasteiger partial charge in [-0.15, -0.1) is 0 Å². The third kappa shape index (κ3) is 4.70. The van der Waals surface area contributed by atoms with Gasteiger partial charge in [0.15, 0.2) is 5.17 Å². The van der Waals surface area contributed by atoms with E-state index in [1.807, 2.05) is 30.3 Å². The molecular formula is C10H14N4OS. The fourth-order valence-corrected chi connectivity index (χ4v) is 1.60. The van der Waals surface area contributed by atoms with E-state index in [4.69, 9.17) is 11.6 Å². The monoisotopic (exact) mass is 238 g/mol. The van der Waals surface area contributed by atoms with Crippen molar-refractivity contribution in [3.8, 4) is 0 Å². The molecule has 5 N–H and O–H groups in total. The van der Waals surface area contributed by atoms with Gasteiger partial charge in [-0.1, -0.05) is 30.0 Å². The lowest BCUT2D eigenvalue weighted by Gasteiger charge is -2.04. The highest BCUT2D eigenvalue weighted by Crippen LogP contribution is 2.07. The summed E-state index contributed by atoms with van der Waals surface area (Å²) in [6, 6.07) is 9.29. The SMILES string of the molecule is NN=C(N)SCCC(=O)Nc1ccccc1. The highest BCUT2D eigenvalue weighted by Gasteiger charge is 2.02. The quantitative estimate of drug-likeness (QED) is 0.315. The number of para-hydroxylation sites is 1. The van der Waals surface area contributed by atoms with Crippen molar-refractivity contribution in [2.24, 2.45) is 16.7 Å². The summed E-state index contributed by atoms with van der Waals surface area (Å²) in [7, 11) is 0. The van der Waals surface area contributed by atoms with Crippen LogP contribution in [0.3, 0.4) is 0 Å². The zero-order chi connectivity index (χ0) is 11.8. The molecule has 1 aromatic carbocycles. The summed E-state index contributed by atoms with van der Waals surface area (Å²) in [4.78, 5) is 11.4. The van der Waals surface area contributed by atoms with Crippen molar-refractivity contribution >= 4 is 28.5 Å². The second-order valence-electron chi connectivity index (χ2n) is 2.98. The molecule has 0 aromatic heterocycles. The molecule has 0 saturated heterocycles. The zero-order valence-electron chi connectivity index (χ0n) is 8.72. The van der Waals surface area contributed by atoms with Gasteiger partial charge in [0.05, 0.1) is 0 Å². The summed E-state index contributed by atoms with van der Waals surface area (Å²) < 4.78 is 0. The molecule has 0 saturated carbocycles. The van der Waals surface area contributed by atoms with Crippen LogP contribution in [-0.4, -0.2) is 16.8 Å². The van der Waals surface area contributed by atoms with Gasteiger partial charge in [-0.2, -0.15) is 5.10 Å². The Kier molecular flexibility index (Phi) is 5.21. The van der Waals surface area contributed by atoms with Crippen LogP contribution in [0.15, 0.2) is 35.4 Å². The van der Waals surface area contributed by atoms with Gasteiger partial charge in [-0.25, -0.2) is 0 Å². The maximum absolute atomic E-state index is 11.4. The summed E-state index contributed by atoms with van der Waals surface area (Å²) in [6.07, 6.45) is 0.371. The second kappa shape index (κ2) is 6.73. The number of amides is 1. The van der Waals surface area contributed by atoms with Gasteiger partial charge in [0, 0.05) is 17.9 Å². The number of rotatable bonds is 4. The highest BCUT2D eigenvalue weighted by atomic mass is 32.2. The average Bonchev–Trinajstić information content (AvgIpc) is 2.30. The number of anilines is 1. The van der Waals surface area contributed by atoms with Crippen LogP contribution in [0.2, 0.25) is 0 Å². The van der Waals surface area contributed by atoms with Crippen molar-refractivity contribution in [3.63, 3.8) is 0 Å². The number of hydrogen-bond acceptors (Lipinski definition) is 4. The van der Waals surface area contributed by atoms with Crippen LogP contribution in [0.4, 0.5) is 5.69 Å². The molecule has 0 bridgehead atoms. The van der Waals surface area contributed by atoms with Crippen molar-refractivity contribution < 1.29 is 4.79 Å². The number of amidine groups is 1. The number of carbonyl (C=O) groups excluding carboxylic acids is 1. The van der Waals surface area contributed by atoms with Crippen LogP contribution in [0.25, 0.3) is 0 Å². The third-order valence-corrected chi connectivity index (χ3v) is 2.57. The summed E-state index contributed by atoms with van der Waals surface area (Å²) in [5, 5.41) is 6.35. The van der Waals surface area contributed by atoms with Gasteiger partial charge in [-0.3, -0.25) is 4.79 Å². The van der Waals surface area contributed by atoms with E-state index in [2.05, 4.69) is 10.4 Å². The zero-order valence-corrected chi connectivity index (χ0v) is 9.54. The minimum absolute atomic E-state index is 0.0523. The molecule has 1 rings (SSSR count). The highest BCUT2D eigenvalue weighted by molar-refractivity contribution is 8.13. The summed E-state index contributed by atoms with van der Waals surface area (Å²) >= 11 is 1.26. The normalized spacial score (nSPS) is 11.1. The first kappa shape index (κ1) is 12.4. The molecule has 16 heavy (non-hydrogen) atoms. The van der Waals surface area contributed by atoms with Crippen molar-refractivity contribution in [2.75, 3.05) is 11.1 Å². The second-order valence-corrected chi connectivity index (χ2v) is 4.10. The molecule has 0 aliphatic carbocycles.